The highest BCUT2D eigenvalue weighted by atomic mass is 16.5. The van der Waals surface area contributed by atoms with Gasteiger partial charge in [0.2, 0.25) is 0 Å². The van der Waals surface area contributed by atoms with Gasteiger partial charge in [0.25, 0.3) is 0 Å². The molecule has 35 heavy (non-hydrogen) atoms. The standard InChI is InChI=1S/C27H32N6O2/c1-2-35-23-10-6-5-9-22(23)32-11-13-33(14-12-32)27-26-25(20-7-3-4-8-21(20)28-26)29-24(30-27)19-31-15-17-34-18-16-31/h3-10,28H,2,11-19H2,1H3. The van der Waals surface area contributed by atoms with Crippen LogP contribution >= 0.6 is 0 Å². The summed E-state index contributed by atoms with van der Waals surface area (Å²) in [7, 11) is 0. The molecule has 2 aromatic heterocycles. The second-order valence-corrected chi connectivity index (χ2v) is 9.12. The molecular weight excluding hydrogens is 440 g/mol. The van der Waals surface area contributed by atoms with Crippen LogP contribution in [0.5, 0.6) is 5.75 Å². The molecule has 0 amide bonds. The number of nitrogens with zero attached hydrogens (tertiary/aromatic N) is 5. The average Bonchev–Trinajstić information content (AvgIpc) is 3.28. The molecule has 2 saturated heterocycles. The number of hydrogen-bond donors (Lipinski definition) is 1. The van der Waals surface area contributed by atoms with Crippen LogP contribution in [0, 0.1) is 0 Å². The number of hydrogen-bond acceptors (Lipinski definition) is 7. The van der Waals surface area contributed by atoms with Crippen molar-refractivity contribution >= 4 is 33.4 Å². The molecule has 0 aliphatic carbocycles. The van der Waals surface area contributed by atoms with Crippen LogP contribution in [-0.2, 0) is 11.3 Å². The topological polar surface area (TPSA) is 69.8 Å². The molecule has 2 aromatic carbocycles. The largest absolute Gasteiger partial charge is 0.492 e. The molecular formula is C27H32N6O2. The van der Waals surface area contributed by atoms with Crippen LogP contribution in [-0.4, -0.2) is 78.9 Å². The van der Waals surface area contributed by atoms with Gasteiger partial charge in [-0.05, 0) is 25.1 Å². The van der Waals surface area contributed by atoms with Gasteiger partial charge >= 0.3 is 0 Å². The lowest BCUT2D eigenvalue weighted by Crippen LogP contribution is -2.47. The van der Waals surface area contributed by atoms with E-state index in [0.29, 0.717) is 6.61 Å². The summed E-state index contributed by atoms with van der Waals surface area (Å²) in [5.41, 5.74) is 4.31. The first-order chi connectivity index (χ1) is 17.3. The van der Waals surface area contributed by atoms with Gasteiger partial charge in [-0.3, -0.25) is 4.90 Å². The fourth-order valence-corrected chi connectivity index (χ4v) is 5.15. The molecule has 8 nitrogen and oxygen atoms in total. The molecule has 0 radical (unpaired) electrons. The number of nitrogens with one attached hydrogen (secondary N) is 1. The van der Waals surface area contributed by atoms with Crippen molar-refractivity contribution in [2.75, 3.05) is 68.9 Å². The third-order valence-electron chi connectivity index (χ3n) is 6.93. The van der Waals surface area contributed by atoms with Crippen molar-refractivity contribution in [1.29, 1.82) is 0 Å². The first-order valence-corrected chi connectivity index (χ1v) is 12.6. The minimum Gasteiger partial charge on any atom is -0.492 e. The van der Waals surface area contributed by atoms with E-state index in [1.54, 1.807) is 0 Å². The van der Waals surface area contributed by atoms with Crippen LogP contribution in [0.15, 0.2) is 48.5 Å². The Labute approximate surface area is 205 Å². The Morgan fingerprint density at radius 2 is 1.63 bits per heavy atom. The van der Waals surface area contributed by atoms with Gasteiger partial charge in [0.1, 0.15) is 22.6 Å². The summed E-state index contributed by atoms with van der Waals surface area (Å²) in [4.78, 5) is 21.0. The van der Waals surface area contributed by atoms with Gasteiger partial charge in [-0.1, -0.05) is 30.3 Å². The summed E-state index contributed by atoms with van der Waals surface area (Å²) in [6, 6.07) is 16.7. The molecule has 4 heterocycles. The SMILES string of the molecule is CCOc1ccccc1N1CCN(c2nc(CN3CCOCC3)nc3c2[nH]c2ccccc23)CC1. The Morgan fingerprint density at radius 1 is 0.886 bits per heavy atom. The number of anilines is 2. The van der Waals surface area contributed by atoms with Crippen LogP contribution in [0.25, 0.3) is 21.9 Å². The lowest BCUT2D eigenvalue weighted by atomic mass is 10.2. The Kier molecular flexibility index (Phi) is 6.14. The number of aromatic nitrogens is 3. The van der Waals surface area contributed by atoms with E-state index >= 15 is 0 Å². The van der Waals surface area contributed by atoms with Crippen molar-refractivity contribution in [3.8, 4) is 5.75 Å². The maximum absolute atomic E-state index is 5.89. The molecule has 8 heteroatoms. The zero-order valence-corrected chi connectivity index (χ0v) is 20.2. The van der Waals surface area contributed by atoms with E-state index in [2.05, 4.69) is 62.1 Å². The quantitative estimate of drug-likeness (QED) is 0.459. The maximum Gasteiger partial charge on any atom is 0.156 e. The van der Waals surface area contributed by atoms with Gasteiger partial charge in [-0.2, -0.15) is 0 Å². The number of para-hydroxylation sites is 3. The smallest absolute Gasteiger partial charge is 0.156 e. The van der Waals surface area contributed by atoms with Gasteiger partial charge in [0.15, 0.2) is 5.82 Å². The average molecular weight is 473 g/mol. The molecule has 0 saturated carbocycles. The number of aromatic amines is 1. The van der Waals surface area contributed by atoms with Crippen LogP contribution in [0.2, 0.25) is 0 Å². The van der Waals surface area contributed by atoms with Crippen molar-refractivity contribution in [2.24, 2.45) is 0 Å². The van der Waals surface area contributed by atoms with Crippen LogP contribution in [0.4, 0.5) is 11.5 Å². The van der Waals surface area contributed by atoms with E-state index in [1.807, 2.05) is 13.0 Å². The number of H-pyrrole nitrogens is 1. The van der Waals surface area contributed by atoms with Gasteiger partial charge < -0.3 is 24.3 Å². The third kappa shape index (κ3) is 4.39. The Balaban J connectivity index is 1.31. The fraction of sp³-hybridized carbons (Fsp3) is 0.407. The van der Waals surface area contributed by atoms with Crippen molar-refractivity contribution in [1.82, 2.24) is 19.9 Å². The molecule has 2 fully saturated rings. The van der Waals surface area contributed by atoms with Crippen molar-refractivity contribution in [3.05, 3.63) is 54.4 Å². The third-order valence-corrected chi connectivity index (χ3v) is 6.93. The van der Waals surface area contributed by atoms with E-state index in [-0.39, 0.29) is 0 Å². The van der Waals surface area contributed by atoms with E-state index < -0.39 is 0 Å². The summed E-state index contributed by atoms with van der Waals surface area (Å²) in [5, 5.41) is 1.15. The molecule has 4 aromatic rings. The van der Waals surface area contributed by atoms with Crippen molar-refractivity contribution < 1.29 is 9.47 Å². The Hall–Kier alpha value is -3.36. The lowest BCUT2D eigenvalue weighted by Gasteiger charge is -2.37. The van der Waals surface area contributed by atoms with E-state index in [4.69, 9.17) is 19.4 Å². The van der Waals surface area contributed by atoms with Gasteiger partial charge in [-0.25, -0.2) is 9.97 Å². The molecule has 2 aliphatic heterocycles. The minimum absolute atomic E-state index is 0.669. The fourth-order valence-electron chi connectivity index (χ4n) is 5.15. The number of rotatable bonds is 6. The first kappa shape index (κ1) is 22.1. The molecule has 0 unspecified atom stereocenters. The molecule has 182 valence electrons. The number of fused-ring (bicyclic) bond motifs is 3. The second-order valence-electron chi connectivity index (χ2n) is 9.12. The number of morpholine rings is 1. The molecule has 2 aliphatic rings. The summed E-state index contributed by atoms with van der Waals surface area (Å²) in [5.74, 6) is 2.84. The summed E-state index contributed by atoms with van der Waals surface area (Å²) < 4.78 is 11.4. The number of benzene rings is 2. The van der Waals surface area contributed by atoms with Gasteiger partial charge in [0.05, 0.1) is 32.1 Å². The van der Waals surface area contributed by atoms with Crippen LogP contribution in [0.3, 0.4) is 0 Å². The van der Waals surface area contributed by atoms with Crippen molar-refractivity contribution in [2.45, 2.75) is 13.5 Å². The van der Waals surface area contributed by atoms with Gasteiger partial charge in [-0.15, -0.1) is 0 Å². The van der Waals surface area contributed by atoms with E-state index in [9.17, 15) is 0 Å². The highest BCUT2D eigenvalue weighted by molar-refractivity contribution is 6.08. The zero-order valence-electron chi connectivity index (χ0n) is 20.2. The second kappa shape index (κ2) is 9.71. The summed E-state index contributed by atoms with van der Waals surface area (Å²) >= 11 is 0. The zero-order chi connectivity index (χ0) is 23.6. The molecule has 1 N–H and O–H groups in total. The van der Waals surface area contributed by atoms with Crippen LogP contribution < -0.4 is 14.5 Å². The van der Waals surface area contributed by atoms with Crippen LogP contribution in [0.1, 0.15) is 12.7 Å². The first-order valence-electron chi connectivity index (χ1n) is 12.6. The summed E-state index contributed by atoms with van der Waals surface area (Å²) in [6.45, 7) is 10.4. The maximum atomic E-state index is 5.89. The number of ether oxygens (including phenoxy) is 2. The molecule has 0 atom stereocenters. The predicted molar refractivity (Wildman–Crippen MR) is 140 cm³/mol. The van der Waals surface area contributed by atoms with E-state index in [0.717, 1.165) is 98.4 Å². The monoisotopic (exact) mass is 472 g/mol. The van der Waals surface area contributed by atoms with Crippen molar-refractivity contribution in [3.63, 3.8) is 0 Å². The van der Waals surface area contributed by atoms with E-state index in [1.165, 1.54) is 5.69 Å². The predicted octanol–water partition coefficient (Wildman–Crippen LogP) is 3.67. The molecule has 0 spiro atoms. The van der Waals surface area contributed by atoms with Gasteiger partial charge in [0, 0.05) is 50.2 Å². The lowest BCUT2D eigenvalue weighted by molar-refractivity contribution is 0.0331. The highest BCUT2D eigenvalue weighted by Crippen LogP contribution is 2.33. The summed E-state index contributed by atoms with van der Waals surface area (Å²) in [6.07, 6.45) is 0. The Morgan fingerprint density at radius 3 is 2.46 bits per heavy atom. The normalized spacial score (nSPS) is 17.4. The Bertz CT molecular complexity index is 1310. The highest BCUT2D eigenvalue weighted by Gasteiger charge is 2.25. The minimum atomic E-state index is 0.669. The number of piperazine rings is 1. The molecule has 6 rings (SSSR count). The molecule has 0 bridgehead atoms.